The van der Waals surface area contributed by atoms with E-state index < -0.39 is 0 Å². The lowest BCUT2D eigenvalue weighted by Crippen LogP contribution is -2.40. The molecule has 1 spiro atoms. The summed E-state index contributed by atoms with van der Waals surface area (Å²) in [6, 6.07) is 4.09. The molecule has 1 aliphatic heterocycles. The van der Waals surface area contributed by atoms with Crippen LogP contribution in [0.5, 0.6) is 11.5 Å². The van der Waals surface area contributed by atoms with E-state index in [0.29, 0.717) is 5.92 Å². The summed E-state index contributed by atoms with van der Waals surface area (Å²) in [7, 11) is 0. The van der Waals surface area contributed by atoms with Crippen LogP contribution in [0.3, 0.4) is 0 Å². The van der Waals surface area contributed by atoms with E-state index in [1.807, 2.05) is 6.07 Å². The Morgan fingerprint density at radius 3 is 2.50 bits per heavy atom. The first-order valence-electron chi connectivity index (χ1n) is 6.82. The van der Waals surface area contributed by atoms with Gasteiger partial charge in [0.05, 0.1) is 0 Å². The predicted molar refractivity (Wildman–Crippen MR) is 75.3 cm³/mol. The minimum absolute atomic E-state index is 0.370. The lowest BCUT2D eigenvalue weighted by molar-refractivity contribution is -0.105. The molecule has 0 atom stereocenters. The van der Waals surface area contributed by atoms with Gasteiger partial charge < -0.3 is 9.47 Å². The summed E-state index contributed by atoms with van der Waals surface area (Å²) in [5.41, 5.74) is 1.23. The molecular formula is C15H19BrO2. The summed E-state index contributed by atoms with van der Waals surface area (Å²) in [4.78, 5) is 0. The number of benzene rings is 1. The van der Waals surface area contributed by atoms with Crippen molar-refractivity contribution in [3.63, 3.8) is 0 Å². The fourth-order valence-corrected chi connectivity index (χ4v) is 3.75. The van der Waals surface area contributed by atoms with Crippen LogP contribution in [0.2, 0.25) is 0 Å². The molecule has 3 rings (SSSR count). The number of rotatable bonds is 1. The molecule has 0 unspecified atom stereocenters. The molecule has 2 aliphatic rings. The van der Waals surface area contributed by atoms with E-state index in [9.17, 15) is 0 Å². The second kappa shape index (κ2) is 4.44. The zero-order valence-corrected chi connectivity index (χ0v) is 12.5. The Labute approximate surface area is 117 Å². The van der Waals surface area contributed by atoms with E-state index in [-0.39, 0.29) is 5.79 Å². The summed E-state index contributed by atoms with van der Waals surface area (Å²) in [6.45, 7) is 4.38. The zero-order chi connectivity index (χ0) is 12.8. The van der Waals surface area contributed by atoms with Crippen molar-refractivity contribution in [3.8, 4) is 11.5 Å². The molecule has 0 saturated heterocycles. The van der Waals surface area contributed by atoms with E-state index in [2.05, 4.69) is 35.8 Å². The topological polar surface area (TPSA) is 18.5 Å². The Morgan fingerprint density at radius 1 is 1.11 bits per heavy atom. The van der Waals surface area contributed by atoms with Gasteiger partial charge >= 0.3 is 0 Å². The summed E-state index contributed by atoms with van der Waals surface area (Å²) >= 11 is 3.63. The highest BCUT2D eigenvalue weighted by molar-refractivity contribution is 9.10. The second-order valence-electron chi connectivity index (χ2n) is 5.62. The quantitative estimate of drug-likeness (QED) is 0.726. The Morgan fingerprint density at radius 2 is 1.83 bits per heavy atom. The Hall–Kier alpha value is -0.700. The summed E-state index contributed by atoms with van der Waals surface area (Å²) in [5, 5.41) is 0. The van der Waals surface area contributed by atoms with Crippen LogP contribution in [0.15, 0.2) is 16.6 Å². The van der Waals surface area contributed by atoms with Crippen LogP contribution < -0.4 is 9.47 Å². The first kappa shape index (κ1) is 12.3. The van der Waals surface area contributed by atoms with Crippen molar-refractivity contribution in [2.45, 2.75) is 57.7 Å². The summed E-state index contributed by atoms with van der Waals surface area (Å²) < 4.78 is 13.5. The minimum Gasteiger partial charge on any atom is -0.448 e. The van der Waals surface area contributed by atoms with Crippen LogP contribution in [-0.2, 0) is 0 Å². The lowest BCUT2D eigenvalue weighted by Gasteiger charge is -2.31. The smallest absolute Gasteiger partial charge is 0.251 e. The highest BCUT2D eigenvalue weighted by Gasteiger charge is 2.43. The number of halogens is 1. The molecule has 0 radical (unpaired) electrons. The average Bonchev–Trinajstić information content (AvgIpc) is 2.67. The van der Waals surface area contributed by atoms with Gasteiger partial charge in [0.25, 0.3) is 5.79 Å². The Kier molecular flexibility index (Phi) is 3.05. The van der Waals surface area contributed by atoms with Gasteiger partial charge in [-0.2, -0.15) is 0 Å². The number of hydrogen-bond donors (Lipinski definition) is 0. The van der Waals surface area contributed by atoms with Crippen molar-refractivity contribution < 1.29 is 9.47 Å². The van der Waals surface area contributed by atoms with Gasteiger partial charge in [-0.25, -0.2) is 0 Å². The second-order valence-corrected chi connectivity index (χ2v) is 6.47. The monoisotopic (exact) mass is 310 g/mol. The Bertz CT molecular complexity index is 462. The predicted octanol–water partition coefficient (Wildman–Crippen LogP) is 5.00. The largest absolute Gasteiger partial charge is 0.448 e. The molecule has 1 aromatic carbocycles. The third-order valence-electron chi connectivity index (χ3n) is 3.88. The summed E-state index contributed by atoms with van der Waals surface area (Å²) in [6.07, 6.45) is 5.72. The first-order chi connectivity index (χ1) is 8.61. The van der Waals surface area contributed by atoms with Gasteiger partial charge in [0.2, 0.25) is 0 Å². The molecular weight excluding hydrogens is 292 g/mol. The lowest BCUT2D eigenvalue weighted by atomic mass is 9.94. The van der Waals surface area contributed by atoms with E-state index in [1.54, 1.807) is 0 Å². The van der Waals surface area contributed by atoms with Crippen LogP contribution >= 0.6 is 15.9 Å². The van der Waals surface area contributed by atoms with Crippen LogP contribution in [-0.4, -0.2) is 5.79 Å². The van der Waals surface area contributed by atoms with Gasteiger partial charge in [-0.3, -0.25) is 0 Å². The van der Waals surface area contributed by atoms with Gasteiger partial charge in [0.15, 0.2) is 11.5 Å². The molecule has 0 N–H and O–H groups in total. The number of ether oxygens (including phenoxy) is 2. The molecule has 1 aromatic rings. The normalized spacial score (nSPS) is 20.7. The van der Waals surface area contributed by atoms with E-state index in [4.69, 9.17) is 9.47 Å². The van der Waals surface area contributed by atoms with E-state index >= 15 is 0 Å². The molecule has 18 heavy (non-hydrogen) atoms. The molecule has 1 saturated carbocycles. The van der Waals surface area contributed by atoms with Crippen molar-refractivity contribution in [1.29, 1.82) is 0 Å². The third-order valence-corrected chi connectivity index (χ3v) is 4.57. The molecule has 1 fully saturated rings. The Balaban J connectivity index is 1.99. The minimum atomic E-state index is -0.370. The average molecular weight is 311 g/mol. The highest BCUT2D eigenvalue weighted by atomic mass is 79.9. The van der Waals surface area contributed by atoms with Gasteiger partial charge in [-0.1, -0.05) is 36.2 Å². The van der Waals surface area contributed by atoms with E-state index in [0.717, 1.165) is 28.8 Å². The molecule has 3 heteroatoms. The molecule has 1 aliphatic carbocycles. The van der Waals surface area contributed by atoms with Gasteiger partial charge in [-0.15, -0.1) is 0 Å². The van der Waals surface area contributed by atoms with Crippen LogP contribution in [0, 0.1) is 0 Å². The van der Waals surface area contributed by atoms with Crippen molar-refractivity contribution >= 4 is 15.9 Å². The molecule has 1 heterocycles. The van der Waals surface area contributed by atoms with Gasteiger partial charge in [-0.05, 0) is 30.9 Å². The van der Waals surface area contributed by atoms with Crippen LogP contribution in [0.1, 0.15) is 57.4 Å². The molecule has 0 bridgehead atoms. The standard InChI is InChI=1S/C15H19BrO2/c1-10(2)13-11(16)6-7-12-14(13)18-15(17-12)8-4-3-5-9-15/h6-7,10H,3-5,8-9H2,1-2H3. The third kappa shape index (κ3) is 1.93. The van der Waals surface area contributed by atoms with Gasteiger partial charge in [0.1, 0.15) is 0 Å². The molecule has 0 amide bonds. The highest BCUT2D eigenvalue weighted by Crippen LogP contribution is 2.50. The maximum Gasteiger partial charge on any atom is 0.251 e. The number of fused-ring (bicyclic) bond motifs is 1. The zero-order valence-electron chi connectivity index (χ0n) is 11.0. The van der Waals surface area contributed by atoms with Crippen molar-refractivity contribution in [2.75, 3.05) is 0 Å². The van der Waals surface area contributed by atoms with E-state index in [1.165, 1.54) is 24.8 Å². The summed E-state index contributed by atoms with van der Waals surface area (Å²) in [5.74, 6) is 1.94. The molecule has 0 aromatic heterocycles. The number of hydrogen-bond acceptors (Lipinski definition) is 2. The fraction of sp³-hybridized carbons (Fsp3) is 0.600. The van der Waals surface area contributed by atoms with Crippen molar-refractivity contribution in [3.05, 3.63) is 22.2 Å². The van der Waals surface area contributed by atoms with Crippen molar-refractivity contribution in [2.24, 2.45) is 0 Å². The molecule has 98 valence electrons. The van der Waals surface area contributed by atoms with Gasteiger partial charge in [0, 0.05) is 22.9 Å². The fourth-order valence-electron chi connectivity index (χ4n) is 2.98. The molecule has 2 nitrogen and oxygen atoms in total. The SMILES string of the molecule is CC(C)c1c(Br)ccc2c1OC1(CCCCC1)O2. The van der Waals surface area contributed by atoms with Crippen molar-refractivity contribution in [1.82, 2.24) is 0 Å². The maximum atomic E-state index is 6.26. The maximum absolute atomic E-state index is 6.26. The van der Waals surface area contributed by atoms with Crippen LogP contribution in [0.25, 0.3) is 0 Å². The first-order valence-corrected chi connectivity index (χ1v) is 7.61. The van der Waals surface area contributed by atoms with Crippen LogP contribution in [0.4, 0.5) is 0 Å².